The molecule has 0 amide bonds. The van der Waals surface area contributed by atoms with Crippen LogP contribution in [0.25, 0.3) is 0 Å². The second kappa shape index (κ2) is 9.27. The molecule has 11 heteroatoms. The van der Waals surface area contributed by atoms with Gasteiger partial charge in [0.25, 0.3) is 0 Å². The number of nitrogens with two attached hydrogens (primary N) is 1. The van der Waals surface area contributed by atoms with E-state index in [-0.39, 0.29) is 5.69 Å². The monoisotopic (exact) mass is 422 g/mol. The molecule has 0 spiro atoms. The summed E-state index contributed by atoms with van der Waals surface area (Å²) in [6.45, 7) is 0. The number of nitrogens with zero attached hydrogens (tertiary/aromatic N) is 2. The smallest absolute Gasteiger partial charge is 0.322 e. The fourth-order valence-electron chi connectivity index (χ4n) is 2.66. The highest BCUT2D eigenvalue weighted by Crippen LogP contribution is 2.48. The average molecular weight is 422 g/mol. The predicted octanol–water partition coefficient (Wildman–Crippen LogP) is 3.27. The van der Waals surface area contributed by atoms with Gasteiger partial charge in [0, 0.05) is 30.0 Å². The molecule has 1 heterocycles. The Balaban J connectivity index is 2.54. The largest absolute Gasteiger partial charge is 0.405 e. The Morgan fingerprint density at radius 1 is 1.27 bits per heavy atom. The number of benzene rings is 1. The van der Waals surface area contributed by atoms with Crippen molar-refractivity contribution in [2.45, 2.75) is 17.9 Å². The van der Waals surface area contributed by atoms with E-state index in [1.807, 2.05) is 0 Å². The molecule has 30 heavy (non-hydrogen) atoms. The van der Waals surface area contributed by atoms with Gasteiger partial charge in [-0.3, -0.25) is 10.4 Å². The standard InChI is InChI=1S/C19H18F4N6O/c20-12-1-3-15(16(21)9-12)18(30,10-13(26)5-6-24)19(22,23)17-4-2-14(11-27-17)29-28-8-7-25/h1-9,11,25-26,29-30H,10,24H2/b6-5-,25-7?,26-13?,28-8-. The molecule has 0 aliphatic rings. The average Bonchev–Trinajstić information content (AvgIpc) is 2.68. The minimum Gasteiger partial charge on any atom is -0.405 e. The quantitative estimate of drug-likeness (QED) is 0.241. The number of rotatable bonds is 9. The zero-order valence-corrected chi connectivity index (χ0v) is 15.4. The van der Waals surface area contributed by atoms with Crippen LogP contribution in [0.5, 0.6) is 0 Å². The SMILES string of the molecule is N=C/C=N\Nc1ccc(C(F)(F)C(O)(CC(=N)/C=C\N)c2ccc(F)cc2F)nc1. The van der Waals surface area contributed by atoms with Crippen molar-refractivity contribution in [1.29, 1.82) is 10.8 Å². The van der Waals surface area contributed by atoms with Crippen molar-refractivity contribution >= 4 is 23.8 Å². The highest BCUT2D eigenvalue weighted by molar-refractivity contribution is 6.14. The van der Waals surface area contributed by atoms with Crippen LogP contribution in [0.15, 0.2) is 53.9 Å². The number of halogens is 4. The van der Waals surface area contributed by atoms with Gasteiger partial charge in [-0.1, -0.05) is 6.07 Å². The maximum absolute atomic E-state index is 15.4. The van der Waals surface area contributed by atoms with E-state index in [2.05, 4.69) is 15.5 Å². The number of alkyl halides is 2. The molecule has 0 radical (unpaired) electrons. The first-order chi connectivity index (χ1) is 14.2. The zero-order valence-electron chi connectivity index (χ0n) is 15.4. The summed E-state index contributed by atoms with van der Waals surface area (Å²) >= 11 is 0. The Morgan fingerprint density at radius 2 is 2.00 bits per heavy atom. The molecule has 0 aliphatic heterocycles. The normalized spacial score (nSPS) is 14.0. The van der Waals surface area contributed by atoms with Crippen LogP contribution in [-0.4, -0.2) is 28.2 Å². The van der Waals surface area contributed by atoms with Crippen LogP contribution in [0, 0.1) is 22.5 Å². The van der Waals surface area contributed by atoms with Gasteiger partial charge in [-0.2, -0.15) is 13.9 Å². The molecule has 7 nitrogen and oxygen atoms in total. The van der Waals surface area contributed by atoms with Crippen molar-refractivity contribution in [2.75, 3.05) is 5.43 Å². The van der Waals surface area contributed by atoms with Gasteiger partial charge in [-0.05, 0) is 30.5 Å². The summed E-state index contributed by atoms with van der Waals surface area (Å²) in [6.07, 6.45) is 3.85. The summed E-state index contributed by atoms with van der Waals surface area (Å²) in [6, 6.07) is 3.85. The molecule has 0 saturated heterocycles. The van der Waals surface area contributed by atoms with E-state index in [0.717, 1.165) is 43.0 Å². The molecule has 2 rings (SSSR count). The second-order valence-corrected chi connectivity index (χ2v) is 6.11. The number of hydrogen-bond acceptors (Lipinski definition) is 7. The number of aromatic nitrogens is 1. The van der Waals surface area contributed by atoms with Crippen molar-refractivity contribution < 1.29 is 22.7 Å². The van der Waals surface area contributed by atoms with Gasteiger partial charge in [-0.25, -0.2) is 8.78 Å². The van der Waals surface area contributed by atoms with Gasteiger partial charge < -0.3 is 21.7 Å². The molecule has 1 atom stereocenters. The molecule has 2 aromatic rings. The Morgan fingerprint density at radius 3 is 2.57 bits per heavy atom. The van der Waals surface area contributed by atoms with Gasteiger partial charge in [0.1, 0.15) is 17.3 Å². The lowest BCUT2D eigenvalue weighted by Crippen LogP contribution is -2.46. The number of anilines is 1. The molecular weight excluding hydrogens is 404 g/mol. The lowest BCUT2D eigenvalue weighted by Gasteiger charge is -2.36. The highest BCUT2D eigenvalue weighted by Gasteiger charge is 2.57. The van der Waals surface area contributed by atoms with Gasteiger partial charge in [-0.15, -0.1) is 0 Å². The summed E-state index contributed by atoms with van der Waals surface area (Å²) in [5.74, 6) is -6.60. The summed E-state index contributed by atoms with van der Waals surface area (Å²) in [5, 5.41) is 29.1. The van der Waals surface area contributed by atoms with Crippen molar-refractivity contribution in [1.82, 2.24) is 4.98 Å². The zero-order chi connectivity index (χ0) is 22.4. The molecule has 6 N–H and O–H groups in total. The van der Waals surface area contributed by atoms with Gasteiger partial charge >= 0.3 is 5.92 Å². The fraction of sp³-hybridized carbons (Fsp3) is 0.158. The predicted molar refractivity (Wildman–Crippen MR) is 105 cm³/mol. The maximum atomic E-state index is 15.4. The van der Waals surface area contributed by atoms with Crippen LogP contribution >= 0.6 is 0 Å². The van der Waals surface area contributed by atoms with Gasteiger partial charge in [0.2, 0.25) is 0 Å². The number of aliphatic hydroxyl groups is 1. The van der Waals surface area contributed by atoms with E-state index >= 15 is 8.78 Å². The molecule has 158 valence electrons. The first-order valence-corrected chi connectivity index (χ1v) is 8.41. The summed E-state index contributed by atoms with van der Waals surface area (Å²) < 4.78 is 58.5. The number of hydrogen-bond donors (Lipinski definition) is 5. The second-order valence-electron chi connectivity index (χ2n) is 6.11. The molecule has 0 fully saturated rings. The summed E-state index contributed by atoms with van der Waals surface area (Å²) in [4.78, 5) is 3.61. The minimum absolute atomic E-state index is 0.211. The van der Waals surface area contributed by atoms with E-state index < -0.39 is 46.5 Å². The van der Waals surface area contributed by atoms with E-state index in [4.69, 9.17) is 16.6 Å². The topological polar surface area (TPSA) is 131 Å². The van der Waals surface area contributed by atoms with Crippen LogP contribution < -0.4 is 11.2 Å². The fourth-order valence-corrected chi connectivity index (χ4v) is 2.66. The third kappa shape index (κ3) is 4.69. The van der Waals surface area contributed by atoms with Crippen molar-refractivity contribution in [3.8, 4) is 0 Å². The molecule has 1 unspecified atom stereocenters. The number of nitrogens with one attached hydrogen (secondary N) is 3. The number of allylic oxidation sites excluding steroid dienone is 1. The van der Waals surface area contributed by atoms with Crippen molar-refractivity contribution in [2.24, 2.45) is 10.8 Å². The number of hydrazone groups is 1. The highest BCUT2D eigenvalue weighted by atomic mass is 19.3. The van der Waals surface area contributed by atoms with Crippen molar-refractivity contribution in [3.05, 3.63) is 71.7 Å². The van der Waals surface area contributed by atoms with E-state index in [0.29, 0.717) is 12.1 Å². The van der Waals surface area contributed by atoms with E-state index in [9.17, 15) is 13.9 Å². The first kappa shape index (κ1) is 22.7. The van der Waals surface area contributed by atoms with Gasteiger partial charge in [0.05, 0.1) is 18.1 Å². The minimum atomic E-state index is -4.18. The first-order valence-electron chi connectivity index (χ1n) is 8.41. The summed E-state index contributed by atoms with van der Waals surface area (Å²) in [5.41, 5.74) is 2.23. The van der Waals surface area contributed by atoms with Crippen LogP contribution in [0.4, 0.5) is 23.2 Å². The molecule has 0 bridgehead atoms. The molecule has 0 saturated carbocycles. The van der Waals surface area contributed by atoms with Crippen LogP contribution in [0.3, 0.4) is 0 Å². The lowest BCUT2D eigenvalue weighted by atomic mass is 9.80. The summed E-state index contributed by atoms with van der Waals surface area (Å²) in [7, 11) is 0. The molecule has 0 aliphatic carbocycles. The van der Waals surface area contributed by atoms with Gasteiger partial charge in [0.15, 0.2) is 5.60 Å². The Labute approximate surface area is 169 Å². The third-order valence-corrected chi connectivity index (χ3v) is 4.07. The Bertz CT molecular complexity index is 977. The van der Waals surface area contributed by atoms with Crippen LogP contribution in [0.2, 0.25) is 0 Å². The Kier molecular flexibility index (Phi) is 7.01. The lowest BCUT2D eigenvalue weighted by molar-refractivity contribution is -0.195. The van der Waals surface area contributed by atoms with Crippen molar-refractivity contribution in [3.63, 3.8) is 0 Å². The van der Waals surface area contributed by atoms with E-state index in [1.54, 1.807) is 0 Å². The Hall–Kier alpha value is -3.60. The van der Waals surface area contributed by atoms with E-state index in [1.165, 1.54) is 6.07 Å². The molecule has 1 aromatic carbocycles. The maximum Gasteiger partial charge on any atom is 0.322 e. The number of pyridine rings is 1. The third-order valence-electron chi connectivity index (χ3n) is 4.07. The van der Waals surface area contributed by atoms with Crippen LogP contribution in [0.1, 0.15) is 17.7 Å². The molecular formula is C19H18F4N6O. The van der Waals surface area contributed by atoms with Crippen LogP contribution in [-0.2, 0) is 11.5 Å². The molecule has 1 aromatic heterocycles.